The molecule has 0 atom stereocenters. The Morgan fingerprint density at radius 3 is 2.50 bits per heavy atom. The van der Waals surface area contributed by atoms with Crippen molar-refractivity contribution in [2.75, 3.05) is 38.3 Å². The summed E-state index contributed by atoms with van der Waals surface area (Å²) in [4.78, 5) is 4.56. The number of hydrogen-bond acceptors (Lipinski definition) is 5. The van der Waals surface area contributed by atoms with Gasteiger partial charge in [0, 0.05) is 37.9 Å². The fourth-order valence-corrected chi connectivity index (χ4v) is 4.09. The van der Waals surface area contributed by atoms with E-state index < -0.39 is 0 Å². The maximum absolute atomic E-state index is 6.36. The minimum Gasteiger partial charge on any atom is -0.378 e. The monoisotopic (exact) mass is 443 g/mol. The van der Waals surface area contributed by atoms with Crippen molar-refractivity contribution in [3.05, 3.63) is 63.9 Å². The third-order valence-electron chi connectivity index (χ3n) is 5.30. The number of aromatic nitrogens is 3. The van der Waals surface area contributed by atoms with Crippen LogP contribution in [0, 0.1) is 4.77 Å². The number of nitrogens with zero attached hydrogens (tertiary/aromatic N) is 5. The molecule has 0 bridgehead atoms. The molecule has 2 aromatic carbocycles. The molecule has 0 N–H and O–H groups in total. The number of halogens is 1. The van der Waals surface area contributed by atoms with Gasteiger partial charge in [0.2, 0.25) is 0 Å². The molecule has 0 amide bonds. The van der Waals surface area contributed by atoms with Crippen molar-refractivity contribution in [2.24, 2.45) is 7.05 Å². The van der Waals surface area contributed by atoms with E-state index in [2.05, 4.69) is 41.1 Å². The Labute approximate surface area is 187 Å². The van der Waals surface area contributed by atoms with Crippen LogP contribution >= 0.6 is 23.8 Å². The molecule has 0 saturated carbocycles. The molecule has 1 saturated heterocycles. The number of ether oxygens (including phenoxy) is 1. The van der Waals surface area contributed by atoms with E-state index in [1.54, 1.807) is 0 Å². The predicted molar refractivity (Wildman–Crippen MR) is 123 cm³/mol. The van der Waals surface area contributed by atoms with E-state index in [-0.39, 0.29) is 0 Å². The van der Waals surface area contributed by atoms with Crippen LogP contribution in [-0.2, 0) is 25.0 Å². The lowest BCUT2D eigenvalue weighted by Crippen LogP contribution is -2.36. The van der Waals surface area contributed by atoms with Gasteiger partial charge in [0.05, 0.1) is 24.9 Å². The van der Waals surface area contributed by atoms with Crippen LogP contribution in [0.25, 0.3) is 11.4 Å². The van der Waals surface area contributed by atoms with Gasteiger partial charge in [-0.3, -0.25) is 4.90 Å². The first-order valence-corrected chi connectivity index (χ1v) is 10.8. The van der Waals surface area contributed by atoms with Crippen LogP contribution in [0.1, 0.15) is 5.56 Å². The molecule has 158 valence electrons. The molecule has 1 aromatic heterocycles. The summed E-state index contributed by atoms with van der Waals surface area (Å²) in [5.41, 5.74) is 3.39. The number of benzene rings is 2. The normalized spacial score (nSPS) is 14.5. The number of morpholine rings is 1. The van der Waals surface area contributed by atoms with E-state index >= 15 is 0 Å². The van der Waals surface area contributed by atoms with Crippen LogP contribution in [-0.4, -0.2) is 52.6 Å². The lowest BCUT2D eigenvalue weighted by molar-refractivity contribution is 0.122. The van der Waals surface area contributed by atoms with E-state index in [0.29, 0.717) is 16.5 Å². The summed E-state index contributed by atoms with van der Waals surface area (Å²) in [6, 6.07) is 16.5. The van der Waals surface area contributed by atoms with E-state index in [9.17, 15) is 0 Å². The van der Waals surface area contributed by atoms with E-state index in [1.807, 2.05) is 40.6 Å². The highest BCUT2D eigenvalue weighted by molar-refractivity contribution is 7.71. The van der Waals surface area contributed by atoms with Crippen LogP contribution < -0.4 is 4.90 Å². The smallest absolute Gasteiger partial charge is 0.199 e. The first-order valence-electron chi connectivity index (χ1n) is 10.0. The van der Waals surface area contributed by atoms with E-state index in [4.69, 9.17) is 33.7 Å². The van der Waals surface area contributed by atoms with Gasteiger partial charge < -0.3 is 14.2 Å². The Morgan fingerprint density at radius 1 is 1.10 bits per heavy atom. The van der Waals surface area contributed by atoms with Gasteiger partial charge in [0.15, 0.2) is 10.6 Å². The molecule has 1 aliphatic rings. The lowest BCUT2D eigenvalue weighted by atomic mass is 10.2. The van der Waals surface area contributed by atoms with Gasteiger partial charge in [-0.15, -0.1) is 0 Å². The van der Waals surface area contributed by atoms with E-state index in [1.165, 1.54) is 11.3 Å². The first kappa shape index (κ1) is 21.1. The van der Waals surface area contributed by atoms with Crippen LogP contribution in [0.5, 0.6) is 0 Å². The van der Waals surface area contributed by atoms with Gasteiger partial charge in [-0.1, -0.05) is 35.9 Å². The number of anilines is 1. The van der Waals surface area contributed by atoms with Crippen molar-refractivity contribution >= 4 is 29.5 Å². The highest BCUT2D eigenvalue weighted by Gasteiger charge is 2.14. The molecule has 0 aliphatic carbocycles. The SMILES string of the molecule is CN(Cc1ccc(N2CCOCC2)cc1)Cn1nc(-c2ccccc2Cl)n(C)c1=S. The molecule has 0 radical (unpaired) electrons. The molecule has 2 heterocycles. The average molecular weight is 444 g/mol. The van der Waals surface area contributed by atoms with Crippen molar-refractivity contribution in [1.29, 1.82) is 0 Å². The van der Waals surface area contributed by atoms with Crippen molar-refractivity contribution in [3.8, 4) is 11.4 Å². The minimum absolute atomic E-state index is 0.600. The zero-order chi connectivity index (χ0) is 21.1. The van der Waals surface area contributed by atoms with E-state index in [0.717, 1.165) is 44.2 Å². The molecule has 8 heteroatoms. The van der Waals surface area contributed by atoms with Crippen LogP contribution in [0.2, 0.25) is 5.02 Å². The van der Waals surface area contributed by atoms with Crippen molar-refractivity contribution in [2.45, 2.75) is 13.2 Å². The fourth-order valence-electron chi connectivity index (χ4n) is 3.68. The molecule has 1 aliphatic heterocycles. The summed E-state index contributed by atoms with van der Waals surface area (Å²) in [5, 5.41) is 5.40. The van der Waals surface area contributed by atoms with Gasteiger partial charge in [-0.2, -0.15) is 5.10 Å². The summed E-state index contributed by atoms with van der Waals surface area (Å²) in [6.07, 6.45) is 0. The molecule has 0 spiro atoms. The summed E-state index contributed by atoms with van der Waals surface area (Å²) < 4.78 is 9.85. The van der Waals surface area contributed by atoms with Crippen molar-refractivity contribution < 1.29 is 4.74 Å². The largest absolute Gasteiger partial charge is 0.378 e. The minimum atomic E-state index is 0.600. The van der Waals surface area contributed by atoms with Crippen LogP contribution in [0.4, 0.5) is 5.69 Å². The summed E-state index contributed by atoms with van der Waals surface area (Å²) in [7, 11) is 4.00. The third-order valence-corrected chi connectivity index (χ3v) is 6.11. The molecular formula is C22H26ClN5OS. The topological polar surface area (TPSA) is 38.5 Å². The quantitative estimate of drug-likeness (QED) is 0.534. The second kappa shape index (κ2) is 9.31. The van der Waals surface area contributed by atoms with Gasteiger partial charge in [0.1, 0.15) is 0 Å². The molecule has 1 fully saturated rings. The van der Waals surface area contributed by atoms with Crippen molar-refractivity contribution in [1.82, 2.24) is 19.2 Å². The Kier molecular flexibility index (Phi) is 6.53. The lowest BCUT2D eigenvalue weighted by Gasteiger charge is -2.29. The highest BCUT2D eigenvalue weighted by Crippen LogP contribution is 2.26. The average Bonchev–Trinajstić information content (AvgIpc) is 3.03. The van der Waals surface area contributed by atoms with Gasteiger partial charge in [0.25, 0.3) is 0 Å². The zero-order valence-electron chi connectivity index (χ0n) is 17.3. The summed E-state index contributed by atoms with van der Waals surface area (Å²) in [5.74, 6) is 0.772. The second-order valence-electron chi connectivity index (χ2n) is 7.57. The molecular weight excluding hydrogens is 418 g/mol. The summed E-state index contributed by atoms with van der Waals surface area (Å²) >= 11 is 12.0. The standard InChI is InChI=1S/C22H26ClN5OS/c1-25(15-17-7-9-18(10-8-17)27-11-13-29-14-12-27)16-28-22(30)26(2)21(24-28)19-5-3-4-6-20(19)23/h3-10H,11-16H2,1-2H3. The Morgan fingerprint density at radius 2 is 1.80 bits per heavy atom. The molecule has 6 nitrogen and oxygen atoms in total. The van der Waals surface area contributed by atoms with Gasteiger partial charge in [-0.05, 0) is 49.1 Å². The van der Waals surface area contributed by atoms with Gasteiger partial charge in [-0.25, -0.2) is 4.68 Å². The maximum atomic E-state index is 6.36. The highest BCUT2D eigenvalue weighted by atomic mass is 35.5. The predicted octanol–water partition coefficient (Wildman–Crippen LogP) is 4.20. The third kappa shape index (κ3) is 4.59. The number of rotatable bonds is 6. The Bertz CT molecular complexity index is 1060. The Balaban J connectivity index is 1.44. The molecule has 4 rings (SSSR count). The molecule has 30 heavy (non-hydrogen) atoms. The first-order chi connectivity index (χ1) is 14.5. The zero-order valence-corrected chi connectivity index (χ0v) is 18.9. The second-order valence-corrected chi connectivity index (χ2v) is 8.34. The maximum Gasteiger partial charge on any atom is 0.199 e. The van der Waals surface area contributed by atoms with Crippen LogP contribution in [0.3, 0.4) is 0 Å². The molecule has 0 unspecified atom stereocenters. The summed E-state index contributed by atoms with van der Waals surface area (Å²) in [6.45, 7) is 4.90. The fraction of sp³-hybridized carbons (Fsp3) is 0.364. The van der Waals surface area contributed by atoms with Crippen molar-refractivity contribution in [3.63, 3.8) is 0 Å². The molecule has 3 aromatic rings. The number of hydrogen-bond donors (Lipinski definition) is 0. The van der Waals surface area contributed by atoms with Crippen LogP contribution in [0.15, 0.2) is 48.5 Å². The van der Waals surface area contributed by atoms with Gasteiger partial charge >= 0.3 is 0 Å². The Hall–Kier alpha value is -2.19.